The predicted octanol–water partition coefficient (Wildman–Crippen LogP) is 0.891. The van der Waals surface area contributed by atoms with Gasteiger partial charge in [0.25, 0.3) is 0 Å². The number of benzene rings is 1. The molecule has 2 atom stereocenters. The molecule has 0 bridgehead atoms. The monoisotopic (exact) mass is 333 g/mol. The maximum atomic E-state index is 13.6. The molecule has 0 aliphatic carbocycles. The van der Waals surface area contributed by atoms with Crippen molar-refractivity contribution in [2.24, 2.45) is 11.5 Å². The Hall–Kier alpha value is -2.67. The van der Waals surface area contributed by atoms with E-state index in [0.29, 0.717) is 11.3 Å². The number of nitrogens with one attached hydrogen (secondary N) is 1. The first-order chi connectivity index (χ1) is 11.5. The van der Waals surface area contributed by atoms with Crippen molar-refractivity contribution in [1.29, 1.82) is 0 Å². The van der Waals surface area contributed by atoms with E-state index < -0.39 is 23.9 Å². The van der Waals surface area contributed by atoms with Gasteiger partial charge in [0.15, 0.2) is 0 Å². The fourth-order valence-electron chi connectivity index (χ4n) is 2.36. The Labute approximate surface area is 139 Å². The summed E-state index contributed by atoms with van der Waals surface area (Å²) in [6, 6.07) is 8.17. The molecule has 1 aromatic heterocycles. The van der Waals surface area contributed by atoms with Crippen LogP contribution in [0.3, 0.4) is 0 Å². The van der Waals surface area contributed by atoms with Gasteiger partial charge in [-0.15, -0.1) is 0 Å². The van der Waals surface area contributed by atoms with Gasteiger partial charge in [-0.2, -0.15) is 0 Å². The highest BCUT2D eigenvalue weighted by molar-refractivity contribution is 5.86. The summed E-state index contributed by atoms with van der Waals surface area (Å²) in [5.41, 5.74) is 11.6. The Morgan fingerprint density at radius 2 is 1.92 bits per heavy atom. The second kappa shape index (κ2) is 8.26. The molecule has 24 heavy (non-hydrogen) atoms. The quantitative estimate of drug-likeness (QED) is 0.666. The van der Waals surface area contributed by atoms with Gasteiger partial charge in [0.1, 0.15) is 17.6 Å². The largest absolute Gasteiger partial charge is 0.469 e. The standard InChI is InChI=1S/C17H20FN3O3/c18-14-6-2-1-4-11(14)8-12(19)9-16(22)21-15(17(20)23)10-13-5-3-7-24-13/h1-7,12,15H,8-10,19H2,(H2,20,23)(H,21,22)/t12-,15-/m1/s1. The van der Waals surface area contributed by atoms with E-state index in [1.165, 1.54) is 12.3 Å². The van der Waals surface area contributed by atoms with Crippen molar-refractivity contribution in [3.63, 3.8) is 0 Å². The summed E-state index contributed by atoms with van der Waals surface area (Å²) in [5, 5.41) is 2.54. The number of carbonyl (C=O) groups is 2. The van der Waals surface area contributed by atoms with Crippen LogP contribution in [0.5, 0.6) is 0 Å². The summed E-state index contributed by atoms with van der Waals surface area (Å²) in [7, 11) is 0. The van der Waals surface area contributed by atoms with Gasteiger partial charge in [0.2, 0.25) is 11.8 Å². The third kappa shape index (κ3) is 5.20. The van der Waals surface area contributed by atoms with Gasteiger partial charge >= 0.3 is 0 Å². The number of halogens is 1. The lowest BCUT2D eigenvalue weighted by atomic mass is 10.0. The molecule has 2 rings (SSSR count). The van der Waals surface area contributed by atoms with Crippen LogP contribution in [0, 0.1) is 5.82 Å². The highest BCUT2D eigenvalue weighted by atomic mass is 19.1. The molecule has 0 aliphatic rings. The zero-order valence-electron chi connectivity index (χ0n) is 13.1. The lowest BCUT2D eigenvalue weighted by Gasteiger charge is -2.17. The van der Waals surface area contributed by atoms with Gasteiger partial charge in [-0.1, -0.05) is 18.2 Å². The Bertz CT molecular complexity index is 688. The number of rotatable bonds is 8. The Morgan fingerprint density at radius 1 is 1.17 bits per heavy atom. The van der Waals surface area contributed by atoms with Gasteiger partial charge in [0.05, 0.1) is 6.26 Å². The van der Waals surface area contributed by atoms with Crippen LogP contribution in [0.2, 0.25) is 0 Å². The zero-order chi connectivity index (χ0) is 17.5. The highest BCUT2D eigenvalue weighted by Crippen LogP contribution is 2.10. The molecular weight excluding hydrogens is 313 g/mol. The molecule has 0 radical (unpaired) electrons. The van der Waals surface area contributed by atoms with Gasteiger partial charge < -0.3 is 21.2 Å². The number of primary amides is 1. The van der Waals surface area contributed by atoms with Crippen LogP contribution < -0.4 is 16.8 Å². The topological polar surface area (TPSA) is 111 Å². The molecule has 2 amide bonds. The van der Waals surface area contributed by atoms with Crippen molar-refractivity contribution in [3.05, 3.63) is 59.8 Å². The summed E-state index contributed by atoms with van der Waals surface area (Å²) in [5.74, 6) is -0.910. The number of furan rings is 1. The third-order valence-corrected chi connectivity index (χ3v) is 3.55. The van der Waals surface area contributed by atoms with E-state index >= 15 is 0 Å². The van der Waals surface area contributed by atoms with Crippen LogP contribution in [-0.4, -0.2) is 23.9 Å². The van der Waals surface area contributed by atoms with Crippen LogP contribution in [-0.2, 0) is 22.4 Å². The van der Waals surface area contributed by atoms with E-state index in [4.69, 9.17) is 15.9 Å². The summed E-state index contributed by atoms with van der Waals surface area (Å²) in [6.45, 7) is 0. The first-order valence-electron chi connectivity index (χ1n) is 7.55. The Kier molecular flexibility index (Phi) is 6.08. The number of carbonyl (C=O) groups excluding carboxylic acids is 2. The molecule has 0 aliphatic heterocycles. The second-order valence-electron chi connectivity index (χ2n) is 5.57. The van der Waals surface area contributed by atoms with E-state index in [2.05, 4.69) is 5.32 Å². The smallest absolute Gasteiger partial charge is 0.240 e. The summed E-state index contributed by atoms with van der Waals surface area (Å²) in [4.78, 5) is 23.5. The molecule has 0 spiro atoms. The minimum atomic E-state index is -0.885. The molecule has 128 valence electrons. The predicted molar refractivity (Wildman–Crippen MR) is 86.2 cm³/mol. The molecule has 1 aromatic carbocycles. The molecular formula is C17H20FN3O3. The average molecular weight is 333 g/mol. The van der Waals surface area contributed by atoms with Crippen LogP contribution in [0.4, 0.5) is 4.39 Å². The molecule has 1 heterocycles. The Morgan fingerprint density at radius 3 is 2.54 bits per heavy atom. The normalized spacial score (nSPS) is 13.2. The number of amides is 2. The van der Waals surface area contributed by atoms with Crippen molar-refractivity contribution in [1.82, 2.24) is 5.32 Å². The van der Waals surface area contributed by atoms with Gasteiger partial charge in [-0.05, 0) is 30.2 Å². The van der Waals surface area contributed by atoms with E-state index in [1.54, 1.807) is 30.3 Å². The van der Waals surface area contributed by atoms with E-state index in [0.717, 1.165) is 0 Å². The SMILES string of the molecule is NC(=O)[C@@H](Cc1ccco1)NC(=O)C[C@H](N)Cc1ccccc1F. The molecule has 0 unspecified atom stereocenters. The van der Waals surface area contributed by atoms with Crippen LogP contribution >= 0.6 is 0 Å². The lowest BCUT2D eigenvalue weighted by molar-refractivity contribution is -0.127. The first kappa shape index (κ1) is 17.7. The zero-order valence-corrected chi connectivity index (χ0v) is 13.1. The molecule has 0 saturated heterocycles. The van der Waals surface area contributed by atoms with Gasteiger partial charge in [-0.25, -0.2) is 4.39 Å². The molecule has 2 aromatic rings. The average Bonchev–Trinajstić information content (AvgIpc) is 3.01. The summed E-state index contributed by atoms with van der Waals surface area (Å²) < 4.78 is 18.7. The molecule has 0 fully saturated rings. The van der Waals surface area contributed by atoms with Crippen LogP contribution in [0.15, 0.2) is 47.1 Å². The summed E-state index contributed by atoms with van der Waals surface area (Å²) >= 11 is 0. The molecule has 0 saturated carbocycles. The number of nitrogens with two attached hydrogens (primary N) is 2. The van der Waals surface area contributed by atoms with Crippen LogP contribution in [0.1, 0.15) is 17.7 Å². The highest BCUT2D eigenvalue weighted by Gasteiger charge is 2.21. The van der Waals surface area contributed by atoms with E-state index in [9.17, 15) is 14.0 Å². The second-order valence-corrected chi connectivity index (χ2v) is 5.57. The maximum absolute atomic E-state index is 13.6. The van der Waals surface area contributed by atoms with Gasteiger partial charge in [-0.3, -0.25) is 9.59 Å². The third-order valence-electron chi connectivity index (χ3n) is 3.55. The fourth-order valence-corrected chi connectivity index (χ4v) is 2.36. The minimum Gasteiger partial charge on any atom is -0.469 e. The Balaban J connectivity index is 1.88. The van der Waals surface area contributed by atoms with Crippen molar-refractivity contribution in [2.75, 3.05) is 0 Å². The van der Waals surface area contributed by atoms with Crippen molar-refractivity contribution in [2.45, 2.75) is 31.3 Å². The summed E-state index contributed by atoms with van der Waals surface area (Å²) in [6.07, 6.45) is 1.81. The number of hydrogen-bond donors (Lipinski definition) is 3. The van der Waals surface area contributed by atoms with Crippen molar-refractivity contribution >= 4 is 11.8 Å². The van der Waals surface area contributed by atoms with Crippen LogP contribution in [0.25, 0.3) is 0 Å². The minimum absolute atomic E-state index is 0.0454. The number of hydrogen-bond acceptors (Lipinski definition) is 4. The fraction of sp³-hybridized carbons (Fsp3) is 0.294. The van der Waals surface area contributed by atoms with E-state index in [-0.39, 0.29) is 25.1 Å². The lowest BCUT2D eigenvalue weighted by Crippen LogP contribution is -2.47. The molecule has 7 heteroatoms. The van der Waals surface area contributed by atoms with E-state index in [1.807, 2.05) is 0 Å². The molecule has 5 N–H and O–H groups in total. The van der Waals surface area contributed by atoms with Crippen molar-refractivity contribution < 1.29 is 18.4 Å². The van der Waals surface area contributed by atoms with Gasteiger partial charge in [0, 0.05) is 18.9 Å². The maximum Gasteiger partial charge on any atom is 0.240 e. The van der Waals surface area contributed by atoms with Crippen molar-refractivity contribution in [3.8, 4) is 0 Å². The molecule has 6 nitrogen and oxygen atoms in total. The first-order valence-corrected chi connectivity index (χ1v) is 7.55.